The molecular formula is C13H21IN2. The van der Waals surface area contributed by atoms with E-state index in [0.29, 0.717) is 0 Å². The maximum atomic E-state index is 4.36. The lowest BCUT2D eigenvalue weighted by Gasteiger charge is -2.06. The molecule has 16 heavy (non-hydrogen) atoms. The van der Waals surface area contributed by atoms with Gasteiger partial charge in [-0.2, -0.15) is 0 Å². The normalized spacial score (nSPS) is 10.6. The molecule has 90 valence electrons. The van der Waals surface area contributed by atoms with Crippen LogP contribution in [-0.4, -0.2) is 16.0 Å². The first-order chi connectivity index (χ1) is 7.84. The highest BCUT2D eigenvalue weighted by Gasteiger charge is 1.97. The quantitative estimate of drug-likeness (QED) is 0.448. The second kappa shape index (κ2) is 8.93. The van der Waals surface area contributed by atoms with Gasteiger partial charge < -0.3 is 5.32 Å². The zero-order valence-electron chi connectivity index (χ0n) is 10.0. The molecule has 0 atom stereocenters. The molecule has 0 aliphatic heterocycles. The molecule has 0 amide bonds. The highest BCUT2D eigenvalue weighted by atomic mass is 127. The molecule has 0 aliphatic carbocycles. The lowest BCUT2D eigenvalue weighted by Crippen LogP contribution is -2.16. The molecule has 0 spiro atoms. The van der Waals surface area contributed by atoms with Gasteiger partial charge in [-0.15, -0.1) is 0 Å². The SMILES string of the molecule is Cc1cccnc1CNCCCCCCI. The summed E-state index contributed by atoms with van der Waals surface area (Å²) in [6.45, 7) is 4.13. The zero-order valence-corrected chi connectivity index (χ0v) is 12.2. The van der Waals surface area contributed by atoms with Gasteiger partial charge in [0.2, 0.25) is 0 Å². The molecule has 0 fully saturated rings. The minimum Gasteiger partial charge on any atom is -0.311 e. The molecule has 0 saturated heterocycles. The van der Waals surface area contributed by atoms with Crippen molar-refractivity contribution in [3.63, 3.8) is 0 Å². The van der Waals surface area contributed by atoms with Gasteiger partial charge in [-0.25, -0.2) is 0 Å². The first kappa shape index (κ1) is 13.9. The molecule has 1 heterocycles. The lowest BCUT2D eigenvalue weighted by molar-refractivity contribution is 0.595. The second-order valence-corrected chi connectivity index (χ2v) is 5.13. The van der Waals surface area contributed by atoms with Crippen LogP contribution in [0.3, 0.4) is 0 Å². The summed E-state index contributed by atoms with van der Waals surface area (Å²) in [5, 5.41) is 3.46. The van der Waals surface area contributed by atoms with Crippen LogP contribution in [0, 0.1) is 6.92 Å². The van der Waals surface area contributed by atoms with E-state index in [2.05, 4.69) is 45.9 Å². The minimum absolute atomic E-state index is 0.902. The third-order valence-electron chi connectivity index (χ3n) is 2.65. The number of hydrogen-bond donors (Lipinski definition) is 1. The number of unbranched alkanes of at least 4 members (excludes halogenated alkanes) is 3. The number of hydrogen-bond acceptors (Lipinski definition) is 2. The third-order valence-corrected chi connectivity index (χ3v) is 3.41. The fraction of sp³-hybridized carbons (Fsp3) is 0.615. The smallest absolute Gasteiger partial charge is 0.0570 e. The zero-order chi connectivity index (χ0) is 11.6. The van der Waals surface area contributed by atoms with E-state index in [1.807, 2.05) is 12.3 Å². The monoisotopic (exact) mass is 332 g/mol. The van der Waals surface area contributed by atoms with Gasteiger partial charge in [0, 0.05) is 12.7 Å². The first-order valence-electron chi connectivity index (χ1n) is 6.02. The van der Waals surface area contributed by atoms with Crippen molar-refractivity contribution in [3.8, 4) is 0 Å². The Hall–Kier alpha value is -0.160. The van der Waals surface area contributed by atoms with Crippen molar-refractivity contribution in [2.75, 3.05) is 11.0 Å². The van der Waals surface area contributed by atoms with E-state index >= 15 is 0 Å². The number of nitrogens with zero attached hydrogens (tertiary/aromatic N) is 1. The van der Waals surface area contributed by atoms with Gasteiger partial charge in [0.25, 0.3) is 0 Å². The summed E-state index contributed by atoms with van der Waals surface area (Å²) in [5.74, 6) is 0. The fourth-order valence-electron chi connectivity index (χ4n) is 1.61. The Labute approximate surface area is 112 Å². The van der Waals surface area contributed by atoms with E-state index in [1.165, 1.54) is 41.4 Å². The summed E-state index contributed by atoms with van der Waals surface area (Å²) < 4.78 is 1.29. The van der Waals surface area contributed by atoms with Crippen LogP contribution in [0.15, 0.2) is 18.3 Å². The van der Waals surface area contributed by atoms with E-state index in [-0.39, 0.29) is 0 Å². The van der Waals surface area contributed by atoms with E-state index in [4.69, 9.17) is 0 Å². The van der Waals surface area contributed by atoms with Gasteiger partial charge in [0.15, 0.2) is 0 Å². The van der Waals surface area contributed by atoms with Crippen molar-refractivity contribution in [1.82, 2.24) is 10.3 Å². The third kappa shape index (κ3) is 5.80. The largest absolute Gasteiger partial charge is 0.311 e. The molecule has 3 heteroatoms. The molecule has 0 aliphatic rings. The van der Waals surface area contributed by atoms with Crippen molar-refractivity contribution >= 4 is 22.6 Å². The highest BCUT2D eigenvalue weighted by Crippen LogP contribution is 2.03. The molecule has 0 bridgehead atoms. The Balaban J connectivity index is 2.05. The lowest BCUT2D eigenvalue weighted by atomic mass is 10.2. The summed E-state index contributed by atoms with van der Waals surface area (Å²) in [6.07, 6.45) is 7.22. The Morgan fingerprint density at radius 2 is 2.06 bits per heavy atom. The fourth-order valence-corrected chi connectivity index (χ4v) is 2.15. The number of nitrogens with one attached hydrogen (secondary N) is 1. The van der Waals surface area contributed by atoms with Crippen molar-refractivity contribution in [2.24, 2.45) is 0 Å². The number of halogens is 1. The summed E-state index contributed by atoms with van der Waals surface area (Å²) in [7, 11) is 0. The molecule has 0 aromatic carbocycles. The van der Waals surface area contributed by atoms with Gasteiger partial charge in [-0.05, 0) is 42.4 Å². The van der Waals surface area contributed by atoms with Crippen LogP contribution in [0.2, 0.25) is 0 Å². The molecule has 0 saturated carbocycles. The van der Waals surface area contributed by atoms with Crippen molar-refractivity contribution in [1.29, 1.82) is 0 Å². The number of aromatic nitrogens is 1. The number of alkyl halides is 1. The number of pyridine rings is 1. The Morgan fingerprint density at radius 1 is 1.25 bits per heavy atom. The Bertz CT molecular complexity index is 289. The van der Waals surface area contributed by atoms with E-state index in [9.17, 15) is 0 Å². The molecule has 1 rings (SSSR count). The maximum absolute atomic E-state index is 4.36. The van der Waals surface area contributed by atoms with Gasteiger partial charge >= 0.3 is 0 Å². The van der Waals surface area contributed by atoms with E-state index in [0.717, 1.165) is 13.1 Å². The van der Waals surface area contributed by atoms with Crippen LogP contribution in [-0.2, 0) is 6.54 Å². The van der Waals surface area contributed by atoms with Gasteiger partial charge in [-0.1, -0.05) is 41.5 Å². The average molecular weight is 332 g/mol. The molecule has 0 unspecified atom stereocenters. The summed E-state index contributed by atoms with van der Waals surface area (Å²) in [4.78, 5) is 4.36. The standard InChI is InChI=1S/C13H21IN2/c1-12-7-6-10-16-13(12)11-15-9-5-3-2-4-8-14/h6-7,10,15H,2-5,8-9,11H2,1H3. The maximum Gasteiger partial charge on any atom is 0.0570 e. The first-order valence-corrected chi connectivity index (χ1v) is 7.54. The summed E-state index contributed by atoms with van der Waals surface area (Å²) in [5.41, 5.74) is 2.45. The van der Waals surface area contributed by atoms with Crippen LogP contribution in [0.4, 0.5) is 0 Å². The van der Waals surface area contributed by atoms with Gasteiger partial charge in [-0.3, -0.25) is 4.98 Å². The molecule has 1 aromatic rings. The van der Waals surface area contributed by atoms with Crippen LogP contribution in [0.25, 0.3) is 0 Å². The number of aryl methyl sites for hydroxylation is 1. The summed E-state index contributed by atoms with van der Waals surface area (Å²) >= 11 is 2.44. The van der Waals surface area contributed by atoms with Gasteiger partial charge in [0.05, 0.1) is 5.69 Å². The van der Waals surface area contributed by atoms with E-state index < -0.39 is 0 Å². The predicted molar refractivity (Wildman–Crippen MR) is 78.0 cm³/mol. The average Bonchev–Trinajstić information content (AvgIpc) is 2.30. The van der Waals surface area contributed by atoms with Crippen molar-refractivity contribution < 1.29 is 0 Å². The van der Waals surface area contributed by atoms with Gasteiger partial charge in [0.1, 0.15) is 0 Å². The molecule has 1 aromatic heterocycles. The van der Waals surface area contributed by atoms with Crippen molar-refractivity contribution in [2.45, 2.75) is 39.2 Å². The number of rotatable bonds is 8. The second-order valence-electron chi connectivity index (χ2n) is 4.05. The van der Waals surface area contributed by atoms with E-state index in [1.54, 1.807) is 0 Å². The molecule has 1 N–H and O–H groups in total. The molecule has 2 nitrogen and oxygen atoms in total. The van der Waals surface area contributed by atoms with Crippen LogP contribution >= 0.6 is 22.6 Å². The Kier molecular flexibility index (Phi) is 7.76. The molecule has 0 radical (unpaired) electrons. The molecular weight excluding hydrogens is 311 g/mol. The Morgan fingerprint density at radius 3 is 2.81 bits per heavy atom. The van der Waals surface area contributed by atoms with Crippen LogP contribution in [0.5, 0.6) is 0 Å². The predicted octanol–water partition coefficient (Wildman–Crippen LogP) is 3.48. The van der Waals surface area contributed by atoms with Crippen LogP contribution < -0.4 is 5.32 Å². The highest BCUT2D eigenvalue weighted by molar-refractivity contribution is 14.1. The minimum atomic E-state index is 0.902. The van der Waals surface area contributed by atoms with Crippen LogP contribution in [0.1, 0.15) is 36.9 Å². The summed E-state index contributed by atoms with van der Waals surface area (Å²) in [6, 6.07) is 4.10. The topological polar surface area (TPSA) is 24.9 Å². The van der Waals surface area contributed by atoms with Crippen molar-refractivity contribution in [3.05, 3.63) is 29.6 Å².